The molecule has 1 aromatic rings. The Morgan fingerprint density at radius 2 is 2.07 bits per heavy atom. The highest BCUT2D eigenvalue weighted by molar-refractivity contribution is 5.85. The van der Waals surface area contributed by atoms with Gasteiger partial charge in [-0.25, -0.2) is 4.39 Å². The number of hydrogen-bond acceptors (Lipinski definition) is 1. The maximum Gasteiger partial charge on any atom is 0.123 e. The molecule has 0 saturated carbocycles. The van der Waals surface area contributed by atoms with Crippen LogP contribution in [0.1, 0.15) is 36.9 Å². The van der Waals surface area contributed by atoms with E-state index in [0.29, 0.717) is 0 Å². The summed E-state index contributed by atoms with van der Waals surface area (Å²) < 4.78 is 12.9. The standard InChI is InChI=1S/C11H16FN.ClH/c1-3-4-11(13)10-7-9(12)6-5-8(10)2;/h5-7,11H,3-4,13H2,1-2H3;1H/t11-;/m1./s1. The van der Waals surface area contributed by atoms with Gasteiger partial charge in [-0.15, -0.1) is 12.4 Å². The van der Waals surface area contributed by atoms with Crippen LogP contribution in [0.2, 0.25) is 0 Å². The Labute approximate surface area is 90.9 Å². The molecule has 0 aliphatic carbocycles. The minimum atomic E-state index is -0.202. The first-order valence-corrected chi connectivity index (χ1v) is 4.66. The zero-order valence-electron chi connectivity index (χ0n) is 8.59. The Morgan fingerprint density at radius 1 is 1.43 bits per heavy atom. The van der Waals surface area contributed by atoms with E-state index in [1.54, 1.807) is 6.07 Å². The molecule has 80 valence electrons. The van der Waals surface area contributed by atoms with E-state index in [-0.39, 0.29) is 24.3 Å². The molecular weight excluding hydrogens is 201 g/mol. The van der Waals surface area contributed by atoms with Crippen molar-refractivity contribution in [2.45, 2.75) is 32.7 Å². The van der Waals surface area contributed by atoms with Crippen LogP contribution in [0.4, 0.5) is 4.39 Å². The van der Waals surface area contributed by atoms with Crippen LogP contribution in [0, 0.1) is 12.7 Å². The highest BCUT2D eigenvalue weighted by Gasteiger charge is 2.08. The van der Waals surface area contributed by atoms with Gasteiger partial charge in [0.05, 0.1) is 0 Å². The molecule has 3 heteroatoms. The largest absolute Gasteiger partial charge is 0.324 e. The molecule has 0 aliphatic rings. The number of hydrogen-bond donors (Lipinski definition) is 1. The van der Waals surface area contributed by atoms with Crippen LogP contribution in [0.15, 0.2) is 18.2 Å². The molecule has 0 saturated heterocycles. The lowest BCUT2D eigenvalue weighted by molar-refractivity contribution is 0.603. The molecule has 0 aliphatic heterocycles. The average Bonchev–Trinajstić information content (AvgIpc) is 2.09. The SMILES string of the molecule is CCC[C@@H](N)c1cc(F)ccc1C.Cl. The van der Waals surface area contributed by atoms with E-state index in [9.17, 15) is 4.39 Å². The summed E-state index contributed by atoms with van der Waals surface area (Å²) in [5.74, 6) is -0.202. The maximum absolute atomic E-state index is 12.9. The third kappa shape index (κ3) is 3.28. The zero-order chi connectivity index (χ0) is 9.84. The van der Waals surface area contributed by atoms with E-state index in [4.69, 9.17) is 5.73 Å². The average molecular weight is 218 g/mol. The van der Waals surface area contributed by atoms with Crippen LogP contribution in [0.3, 0.4) is 0 Å². The van der Waals surface area contributed by atoms with Crippen molar-refractivity contribution in [2.24, 2.45) is 5.73 Å². The molecule has 1 rings (SSSR count). The molecule has 0 spiro atoms. The van der Waals surface area contributed by atoms with Crippen molar-refractivity contribution >= 4 is 12.4 Å². The Balaban J connectivity index is 0.00000169. The highest BCUT2D eigenvalue weighted by atomic mass is 35.5. The van der Waals surface area contributed by atoms with Crippen LogP contribution in [0.5, 0.6) is 0 Å². The minimum Gasteiger partial charge on any atom is -0.324 e. The third-order valence-corrected chi connectivity index (χ3v) is 2.24. The highest BCUT2D eigenvalue weighted by Crippen LogP contribution is 2.20. The van der Waals surface area contributed by atoms with Gasteiger partial charge >= 0.3 is 0 Å². The summed E-state index contributed by atoms with van der Waals surface area (Å²) in [5, 5.41) is 0. The van der Waals surface area contributed by atoms with Crippen molar-refractivity contribution in [3.05, 3.63) is 35.1 Å². The molecule has 0 aromatic heterocycles. The van der Waals surface area contributed by atoms with Crippen molar-refractivity contribution in [2.75, 3.05) is 0 Å². The fourth-order valence-electron chi connectivity index (χ4n) is 1.48. The molecular formula is C11H17ClFN. The van der Waals surface area contributed by atoms with E-state index >= 15 is 0 Å². The number of rotatable bonds is 3. The van der Waals surface area contributed by atoms with Crippen LogP contribution in [-0.4, -0.2) is 0 Å². The van der Waals surface area contributed by atoms with Crippen LogP contribution in [0.25, 0.3) is 0 Å². The Kier molecular flexibility index (Phi) is 5.73. The molecule has 0 radical (unpaired) electrons. The lowest BCUT2D eigenvalue weighted by atomic mass is 9.98. The molecule has 1 aromatic carbocycles. The van der Waals surface area contributed by atoms with E-state index in [0.717, 1.165) is 24.0 Å². The number of benzene rings is 1. The second kappa shape index (κ2) is 5.99. The van der Waals surface area contributed by atoms with Crippen molar-refractivity contribution < 1.29 is 4.39 Å². The monoisotopic (exact) mass is 217 g/mol. The first-order valence-electron chi connectivity index (χ1n) is 4.66. The van der Waals surface area contributed by atoms with Gasteiger partial charge in [0.15, 0.2) is 0 Å². The van der Waals surface area contributed by atoms with Crippen LogP contribution >= 0.6 is 12.4 Å². The van der Waals surface area contributed by atoms with Crippen LogP contribution < -0.4 is 5.73 Å². The maximum atomic E-state index is 12.9. The Morgan fingerprint density at radius 3 is 2.64 bits per heavy atom. The van der Waals surface area contributed by atoms with Gasteiger partial charge in [-0.3, -0.25) is 0 Å². The van der Waals surface area contributed by atoms with Crippen molar-refractivity contribution in [3.63, 3.8) is 0 Å². The predicted octanol–water partition coefficient (Wildman–Crippen LogP) is 3.36. The summed E-state index contributed by atoms with van der Waals surface area (Å²) in [6, 6.07) is 4.76. The van der Waals surface area contributed by atoms with Gasteiger partial charge in [-0.05, 0) is 36.6 Å². The molecule has 0 amide bonds. The number of aryl methyl sites for hydroxylation is 1. The topological polar surface area (TPSA) is 26.0 Å². The van der Waals surface area contributed by atoms with E-state index < -0.39 is 0 Å². The van der Waals surface area contributed by atoms with Gasteiger partial charge in [0.25, 0.3) is 0 Å². The molecule has 2 N–H and O–H groups in total. The van der Waals surface area contributed by atoms with Gasteiger partial charge < -0.3 is 5.73 Å². The fraction of sp³-hybridized carbons (Fsp3) is 0.455. The third-order valence-electron chi connectivity index (χ3n) is 2.24. The summed E-state index contributed by atoms with van der Waals surface area (Å²) in [6.45, 7) is 4.04. The number of nitrogens with two attached hydrogens (primary N) is 1. The smallest absolute Gasteiger partial charge is 0.123 e. The molecule has 0 heterocycles. The second-order valence-electron chi connectivity index (χ2n) is 3.40. The lowest BCUT2D eigenvalue weighted by Gasteiger charge is -2.13. The van der Waals surface area contributed by atoms with E-state index in [2.05, 4.69) is 6.92 Å². The first-order chi connectivity index (χ1) is 6.15. The fourth-order valence-corrected chi connectivity index (χ4v) is 1.48. The summed E-state index contributed by atoms with van der Waals surface area (Å²) in [4.78, 5) is 0. The summed E-state index contributed by atoms with van der Waals surface area (Å²) in [5.41, 5.74) is 7.91. The van der Waals surface area contributed by atoms with Gasteiger partial charge in [-0.1, -0.05) is 19.4 Å². The Bertz CT molecular complexity index is 289. The van der Waals surface area contributed by atoms with E-state index in [1.807, 2.05) is 6.92 Å². The normalized spacial score (nSPS) is 12.0. The summed E-state index contributed by atoms with van der Waals surface area (Å²) in [6.07, 6.45) is 1.93. The van der Waals surface area contributed by atoms with Gasteiger partial charge in [0, 0.05) is 6.04 Å². The second-order valence-corrected chi connectivity index (χ2v) is 3.40. The predicted molar refractivity (Wildman–Crippen MR) is 60.2 cm³/mol. The molecule has 1 nitrogen and oxygen atoms in total. The molecule has 14 heavy (non-hydrogen) atoms. The van der Waals surface area contributed by atoms with E-state index in [1.165, 1.54) is 12.1 Å². The molecule has 1 atom stereocenters. The van der Waals surface area contributed by atoms with Crippen LogP contribution in [-0.2, 0) is 0 Å². The van der Waals surface area contributed by atoms with Crippen molar-refractivity contribution in [1.82, 2.24) is 0 Å². The summed E-state index contributed by atoms with van der Waals surface area (Å²) in [7, 11) is 0. The zero-order valence-corrected chi connectivity index (χ0v) is 9.40. The molecule has 0 unspecified atom stereocenters. The minimum absolute atomic E-state index is 0. The van der Waals surface area contributed by atoms with Crippen molar-refractivity contribution in [1.29, 1.82) is 0 Å². The van der Waals surface area contributed by atoms with Gasteiger partial charge in [-0.2, -0.15) is 0 Å². The van der Waals surface area contributed by atoms with Gasteiger partial charge in [0.1, 0.15) is 5.82 Å². The lowest BCUT2D eigenvalue weighted by Crippen LogP contribution is -2.11. The summed E-state index contributed by atoms with van der Waals surface area (Å²) >= 11 is 0. The number of halogens is 2. The quantitative estimate of drug-likeness (QED) is 0.826. The van der Waals surface area contributed by atoms with Crippen molar-refractivity contribution in [3.8, 4) is 0 Å². The molecule has 0 bridgehead atoms. The molecule has 0 fully saturated rings. The van der Waals surface area contributed by atoms with Gasteiger partial charge in [0.2, 0.25) is 0 Å². The Hall–Kier alpha value is -0.600. The first kappa shape index (κ1) is 13.4.